The van der Waals surface area contributed by atoms with Gasteiger partial charge >= 0.3 is 5.97 Å². The Morgan fingerprint density at radius 1 is 0.708 bits per heavy atom. The molecule has 0 aliphatic carbocycles. The first kappa shape index (κ1) is 33.8. The molecule has 0 amide bonds. The molecule has 0 radical (unpaired) electrons. The quantitative estimate of drug-likeness (QED) is 0.693. The number of carbonyl (C=O) groups is 4. The van der Waals surface area contributed by atoms with Gasteiger partial charge in [0.2, 0.25) is 5.78 Å². The predicted molar refractivity (Wildman–Crippen MR) is 98.4 cm³/mol. The Labute approximate surface area is 147 Å². The number of Topliss-reactive ketones (excluding diaryl/α,β-unsaturated/α-hetero) is 2. The Hall–Kier alpha value is -1.72. The second-order valence-electron chi connectivity index (χ2n) is 4.89. The topological polar surface area (TPSA) is 109 Å². The van der Waals surface area contributed by atoms with Crippen molar-refractivity contribution >= 4 is 23.5 Å². The highest BCUT2D eigenvalue weighted by Crippen LogP contribution is 1.92. The number of carbonyl (C=O) groups excluding carboxylic acids is 2. The van der Waals surface area contributed by atoms with Gasteiger partial charge in [-0.15, -0.1) is 0 Å². The van der Waals surface area contributed by atoms with Gasteiger partial charge in [0.1, 0.15) is 5.78 Å². The summed E-state index contributed by atoms with van der Waals surface area (Å²) in [6, 6.07) is 0. The fourth-order valence-electron chi connectivity index (χ4n) is 0.426. The highest BCUT2D eigenvalue weighted by atomic mass is 16.4. The summed E-state index contributed by atoms with van der Waals surface area (Å²) in [5.41, 5.74) is 0. The molecular weight excluding hydrogens is 312 g/mol. The number of rotatable bonds is 5. The summed E-state index contributed by atoms with van der Waals surface area (Å²) in [4.78, 5) is 38.1. The number of hydrogen-bond acceptors (Lipinski definition) is 4. The van der Waals surface area contributed by atoms with Crippen LogP contribution in [0.2, 0.25) is 0 Å². The van der Waals surface area contributed by atoms with Gasteiger partial charge in [-0.2, -0.15) is 0 Å². The summed E-state index contributed by atoms with van der Waals surface area (Å²) in [7, 11) is 0. The van der Waals surface area contributed by atoms with Gasteiger partial charge in [0.25, 0.3) is 5.97 Å². The minimum Gasteiger partial charge on any atom is -0.481 e. The van der Waals surface area contributed by atoms with Crippen LogP contribution >= 0.6 is 0 Å². The van der Waals surface area contributed by atoms with Crippen LogP contribution in [0.5, 0.6) is 0 Å². The van der Waals surface area contributed by atoms with Crippen LogP contribution in [-0.2, 0) is 19.2 Å². The van der Waals surface area contributed by atoms with Gasteiger partial charge in [-0.1, -0.05) is 60.3 Å². The van der Waals surface area contributed by atoms with Gasteiger partial charge in [0, 0.05) is 20.3 Å². The molecular formula is C18H38O6. The number of carboxylic acids is 2. The molecule has 146 valence electrons. The van der Waals surface area contributed by atoms with Crippen molar-refractivity contribution in [2.75, 3.05) is 0 Å². The lowest BCUT2D eigenvalue weighted by Gasteiger charge is -1.86. The maximum Gasteiger partial charge on any atom is 0.371 e. The lowest BCUT2D eigenvalue weighted by Crippen LogP contribution is -2.05. The third kappa shape index (κ3) is 142. The minimum atomic E-state index is -1.38. The van der Waals surface area contributed by atoms with E-state index in [4.69, 9.17) is 15.0 Å². The molecule has 0 atom stereocenters. The van der Waals surface area contributed by atoms with Crippen LogP contribution in [-0.4, -0.2) is 33.7 Å². The van der Waals surface area contributed by atoms with Crippen LogP contribution in [0.4, 0.5) is 0 Å². The van der Waals surface area contributed by atoms with Crippen molar-refractivity contribution in [2.24, 2.45) is 0 Å². The Balaban J connectivity index is -0.0000000650. The fourth-order valence-corrected chi connectivity index (χ4v) is 0.426. The third-order valence-electron chi connectivity index (χ3n) is 1.68. The van der Waals surface area contributed by atoms with E-state index in [2.05, 4.69) is 34.6 Å². The van der Waals surface area contributed by atoms with Crippen molar-refractivity contribution in [1.82, 2.24) is 0 Å². The summed E-state index contributed by atoms with van der Waals surface area (Å²) < 4.78 is 0. The summed E-state index contributed by atoms with van der Waals surface area (Å²) in [6.45, 7) is 14.4. The Bertz CT molecular complexity index is 280. The average Bonchev–Trinajstić information content (AvgIpc) is 2.46. The molecule has 6 nitrogen and oxygen atoms in total. The maximum atomic E-state index is 10.2. The SMILES string of the molecule is CC(=O)C(=O)O.CC(=O)O.CCC.CCCC.CCCCC(C)=O. The first-order valence-corrected chi connectivity index (χ1v) is 8.40. The third-order valence-corrected chi connectivity index (χ3v) is 1.68. The van der Waals surface area contributed by atoms with Crippen molar-refractivity contribution in [2.45, 2.75) is 93.9 Å². The van der Waals surface area contributed by atoms with E-state index in [-0.39, 0.29) is 0 Å². The Kier molecular flexibility index (Phi) is 46.5. The largest absolute Gasteiger partial charge is 0.481 e. The summed E-state index contributed by atoms with van der Waals surface area (Å²) in [6.07, 6.45) is 6.82. The molecule has 0 unspecified atom stereocenters. The standard InChI is InChI=1S/C6H12O.C4H10.C3H4O3.C3H8.C2H4O2/c1-3-4-5-6(2)7;1-3-4-2;1-2(4)3(5)6;1-3-2;1-2(3)4/h3-5H2,1-2H3;3-4H2,1-2H3;1H3,(H,5,6);3H2,1-2H3;1H3,(H,3,4). The molecule has 0 aromatic carbocycles. The van der Waals surface area contributed by atoms with Crippen molar-refractivity contribution in [3.05, 3.63) is 0 Å². The lowest BCUT2D eigenvalue weighted by atomic mass is 10.2. The molecule has 0 bridgehead atoms. The van der Waals surface area contributed by atoms with Crippen LogP contribution < -0.4 is 0 Å². The van der Waals surface area contributed by atoms with E-state index in [1.807, 2.05) is 0 Å². The smallest absolute Gasteiger partial charge is 0.371 e. The number of unbranched alkanes of at least 4 members (excludes halogenated alkanes) is 2. The Morgan fingerprint density at radius 3 is 1.00 bits per heavy atom. The Morgan fingerprint density at radius 2 is 0.958 bits per heavy atom. The molecule has 0 aliphatic rings. The second-order valence-corrected chi connectivity index (χ2v) is 4.89. The summed E-state index contributed by atoms with van der Waals surface area (Å²) >= 11 is 0. The molecule has 0 spiro atoms. The van der Waals surface area contributed by atoms with Gasteiger partial charge in [-0.3, -0.25) is 9.59 Å². The van der Waals surface area contributed by atoms with E-state index in [0.717, 1.165) is 33.1 Å². The van der Waals surface area contributed by atoms with Crippen molar-refractivity contribution in [3.8, 4) is 0 Å². The van der Waals surface area contributed by atoms with E-state index in [9.17, 15) is 14.4 Å². The highest BCUT2D eigenvalue weighted by Gasteiger charge is 1.99. The van der Waals surface area contributed by atoms with Crippen LogP contribution in [0, 0.1) is 0 Å². The predicted octanol–water partition coefficient (Wildman–Crippen LogP) is 4.74. The minimum absolute atomic E-state index is 0.307. The van der Waals surface area contributed by atoms with Crippen molar-refractivity contribution < 1.29 is 29.4 Å². The molecule has 0 aliphatic heterocycles. The number of aliphatic carboxylic acids is 2. The molecule has 0 aromatic rings. The van der Waals surface area contributed by atoms with Crippen LogP contribution in [0.15, 0.2) is 0 Å². The molecule has 0 rings (SSSR count). The molecule has 6 heteroatoms. The zero-order valence-electron chi connectivity index (χ0n) is 16.8. The monoisotopic (exact) mass is 350 g/mol. The van der Waals surface area contributed by atoms with Gasteiger partial charge in [0.15, 0.2) is 0 Å². The van der Waals surface area contributed by atoms with E-state index in [0.29, 0.717) is 5.78 Å². The number of carboxylic acid groups (broad SMARTS) is 2. The first-order chi connectivity index (χ1) is 11.0. The molecule has 2 N–H and O–H groups in total. The van der Waals surface area contributed by atoms with Crippen LogP contribution in [0.1, 0.15) is 93.9 Å². The van der Waals surface area contributed by atoms with E-state index in [1.54, 1.807) is 6.92 Å². The highest BCUT2D eigenvalue weighted by molar-refractivity contribution is 6.31. The van der Waals surface area contributed by atoms with E-state index >= 15 is 0 Å². The average molecular weight is 350 g/mol. The van der Waals surface area contributed by atoms with Crippen LogP contribution in [0.3, 0.4) is 0 Å². The van der Waals surface area contributed by atoms with E-state index in [1.165, 1.54) is 19.3 Å². The second kappa shape index (κ2) is 33.0. The lowest BCUT2D eigenvalue weighted by molar-refractivity contribution is -0.148. The van der Waals surface area contributed by atoms with Gasteiger partial charge in [0.05, 0.1) is 0 Å². The van der Waals surface area contributed by atoms with Gasteiger partial charge in [-0.05, 0) is 13.3 Å². The number of hydrogen-bond donors (Lipinski definition) is 2. The normalized spacial score (nSPS) is 7.50. The van der Waals surface area contributed by atoms with Crippen molar-refractivity contribution in [1.29, 1.82) is 0 Å². The molecule has 0 heterocycles. The van der Waals surface area contributed by atoms with Gasteiger partial charge in [-0.25, -0.2) is 4.79 Å². The zero-order chi connectivity index (χ0) is 20.6. The molecule has 24 heavy (non-hydrogen) atoms. The molecule has 0 aromatic heterocycles. The molecule has 0 fully saturated rings. The zero-order valence-corrected chi connectivity index (χ0v) is 16.8. The van der Waals surface area contributed by atoms with Crippen molar-refractivity contribution in [3.63, 3.8) is 0 Å². The first-order valence-electron chi connectivity index (χ1n) is 8.40. The number of ketones is 2. The fraction of sp³-hybridized carbons (Fsp3) is 0.778. The molecule has 0 saturated carbocycles. The van der Waals surface area contributed by atoms with Gasteiger partial charge < -0.3 is 15.0 Å². The van der Waals surface area contributed by atoms with Crippen LogP contribution in [0.25, 0.3) is 0 Å². The summed E-state index contributed by atoms with van der Waals surface area (Å²) in [5, 5.41) is 15.1. The molecule has 0 saturated heterocycles. The summed E-state index contributed by atoms with van der Waals surface area (Å²) in [5.74, 6) is -2.73. The maximum absolute atomic E-state index is 10.2. The van der Waals surface area contributed by atoms with E-state index < -0.39 is 17.7 Å².